The monoisotopic (exact) mass is 493 g/mol. The Morgan fingerprint density at radius 2 is 1.78 bits per heavy atom. The highest BCUT2D eigenvalue weighted by Crippen LogP contribution is 2.27. The highest BCUT2D eigenvalue weighted by atomic mass is 19.1. The average molecular weight is 494 g/mol. The van der Waals surface area contributed by atoms with Crippen LogP contribution in [0.3, 0.4) is 0 Å². The number of H-pyrrole nitrogens is 2. The minimum absolute atomic E-state index is 0.0514. The molecule has 0 saturated carbocycles. The summed E-state index contributed by atoms with van der Waals surface area (Å²) in [6.07, 6.45) is 1.39. The molecular weight excluding hydrogens is 468 g/mol. The first-order valence-electron chi connectivity index (χ1n) is 11.6. The number of nitrogens with one attached hydrogen (secondary N) is 3. The van der Waals surface area contributed by atoms with E-state index in [1.54, 1.807) is 18.2 Å². The average Bonchev–Trinajstić information content (AvgIpc) is 3.49. The fraction of sp³-hybridized carbons (Fsp3) is 0.280. The molecule has 0 bridgehead atoms. The van der Waals surface area contributed by atoms with Crippen molar-refractivity contribution < 1.29 is 18.4 Å². The Bertz CT molecular complexity index is 1420. The zero-order chi connectivity index (χ0) is 25.4. The van der Waals surface area contributed by atoms with Gasteiger partial charge in [0, 0.05) is 44.0 Å². The van der Waals surface area contributed by atoms with Gasteiger partial charge in [0.25, 0.3) is 11.8 Å². The molecule has 1 saturated heterocycles. The molecule has 3 heterocycles. The first kappa shape index (κ1) is 23.6. The van der Waals surface area contributed by atoms with Gasteiger partial charge in [0.05, 0.1) is 16.7 Å². The molecule has 2 aromatic carbocycles. The lowest BCUT2D eigenvalue weighted by Crippen LogP contribution is -2.50. The second-order valence-corrected chi connectivity index (χ2v) is 8.94. The number of carbonyl (C=O) groups is 2. The lowest BCUT2D eigenvalue weighted by Gasteiger charge is -2.36. The molecule has 0 spiro atoms. The van der Waals surface area contributed by atoms with E-state index in [9.17, 15) is 18.4 Å². The van der Waals surface area contributed by atoms with E-state index in [1.807, 2.05) is 4.90 Å². The van der Waals surface area contributed by atoms with Crippen LogP contribution in [0, 0.1) is 11.6 Å². The Morgan fingerprint density at radius 1 is 1.06 bits per heavy atom. The van der Waals surface area contributed by atoms with Crippen LogP contribution >= 0.6 is 0 Å². The molecule has 186 valence electrons. The first-order chi connectivity index (χ1) is 17.3. The van der Waals surface area contributed by atoms with E-state index in [0.717, 1.165) is 25.2 Å². The smallest absolute Gasteiger partial charge is 0.261 e. The Kier molecular flexibility index (Phi) is 6.23. The van der Waals surface area contributed by atoms with Gasteiger partial charge in [0.15, 0.2) is 11.5 Å². The number of aromatic amines is 2. The van der Waals surface area contributed by atoms with Crippen LogP contribution in [-0.2, 0) is 0 Å². The maximum Gasteiger partial charge on any atom is 0.261 e. The van der Waals surface area contributed by atoms with Crippen molar-refractivity contribution in [1.82, 2.24) is 30.0 Å². The topological polar surface area (TPSA) is 110 Å². The first-order valence-corrected chi connectivity index (χ1v) is 11.6. The van der Waals surface area contributed by atoms with Crippen LogP contribution in [0.2, 0.25) is 0 Å². The Morgan fingerprint density at radius 3 is 2.47 bits per heavy atom. The van der Waals surface area contributed by atoms with Crippen LogP contribution in [0.25, 0.3) is 22.6 Å². The summed E-state index contributed by atoms with van der Waals surface area (Å²) in [5.74, 6) is -2.61. The van der Waals surface area contributed by atoms with Crippen LogP contribution in [0.4, 0.5) is 14.5 Å². The summed E-state index contributed by atoms with van der Waals surface area (Å²) in [5, 5.41) is 9.24. The van der Waals surface area contributed by atoms with E-state index in [1.165, 1.54) is 12.3 Å². The highest BCUT2D eigenvalue weighted by Gasteiger charge is 2.24. The number of benzene rings is 2. The summed E-state index contributed by atoms with van der Waals surface area (Å²) >= 11 is 0. The Hall–Kier alpha value is -4.12. The van der Waals surface area contributed by atoms with E-state index in [2.05, 4.69) is 44.2 Å². The molecule has 1 aliphatic rings. The van der Waals surface area contributed by atoms with Gasteiger partial charge in [-0.3, -0.25) is 19.6 Å². The number of hydrogen-bond donors (Lipinski definition) is 3. The largest absolute Gasteiger partial charge is 0.337 e. The van der Waals surface area contributed by atoms with E-state index >= 15 is 0 Å². The van der Waals surface area contributed by atoms with Crippen molar-refractivity contribution >= 4 is 28.5 Å². The fourth-order valence-corrected chi connectivity index (χ4v) is 4.34. The number of carbonyl (C=O) groups excluding carboxylic acids is 2. The SMILES string of the molecule is CC(C)N1CCN(C(=O)c2ccc3[nH]c(-c4n[nH]cc4NC(=O)c4c(F)cccc4F)nc3c2)CC1. The minimum Gasteiger partial charge on any atom is -0.337 e. The number of fused-ring (bicyclic) bond motifs is 1. The van der Waals surface area contributed by atoms with Crippen molar-refractivity contribution in [3.8, 4) is 11.5 Å². The van der Waals surface area contributed by atoms with E-state index in [4.69, 9.17) is 0 Å². The second kappa shape index (κ2) is 9.50. The normalized spacial score (nSPS) is 14.5. The zero-order valence-corrected chi connectivity index (χ0v) is 19.8. The van der Waals surface area contributed by atoms with Crippen LogP contribution in [0.5, 0.6) is 0 Å². The van der Waals surface area contributed by atoms with Gasteiger partial charge in [0.2, 0.25) is 0 Å². The third-order valence-corrected chi connectivity index (χ3v) is 6.36. The Labute approximate surface area is 205 Å². The zero-order valence-electron chi connectivity index (χ0n) is 19.8. The highest BCUT2D eigenvalue weighted by molar-refractivity contribution is 6.06. The maximum atomic E-state index is 14.0. The van der Waals surface area contributed by atoms with Crippen LogP contribution in [0.1, 0.15) is 34.6 Å². The van der Waals surface area contributed by atoms with Gasteiger partial charge < -0.3 is 15.2 Å². The van der Waals surface area contributed by atoms with Gasteiger partial charge in [0.1, 0.15) is 17.2 Å². The molecule has 0 atom stereocenters. The lowest BCUT2D eigenvalue weighted by atomic mass is 10.1. The molecule has 0 unspecified atom stereocenters. The maximum absolute atomic E-state index is 14.0. The summed E-state index contributed by atoms with van der Waals surface area (Å²) < 4.78 is 28.0. The molecular formula is C25H25F2N7O2. The summed E-state index contributed by atoms with van der Waals surface area (Å²) in [7, 11) is 0. The number of halogens is 2. The van der Waals surface area contributed by atoms with Crippen molar-refractivity contribution in [2.24, 2.45) is 0 Å². The summed E-state index contributed by atoms with van der Waals surface area (Å²) in [5.41, 5.74) is 1.52. The van der Waals surface area contributed by atoms with Gasteiger partial charge in [-0.1, -0.05) is 6.07 Å². The van der Waals surface area contributed by atoms with Gasteiger partial charge >= 0.3 is 0 Å². The third-order valence-electron chi connectivity index (χ3n) is 6.36. The van der Waals surface area contributed by atoms with Crippen molar-refractivity contribution in [1.29, 1.82) is 0 Å². The predicted octanol–water partition coefficient (Wildman–Crippen LogP) is 3.65. The van der Waals surface area contributed by atoms with Crippen LogP contribution in [-0.4, -0.2) is 74.0 Å². The van der Waals surface area contributed by atoms with Crippen LogP contribution in [0.15, 0.2) is 42.6 Å². The Balaban J connectivity index is 1.36. The molecule has 0 radical (unpaired) electrons. The van der Waals surface area contributed by atoms with E-state index in [0.29, 0.717) is 41.6 Å². The number of nitrogens with zero attached hydrogens (tertiary/aromatic N) is 4. The quantitative estimate of drug-likeness (QED) is 0.393. The van der Waals surface area contributed by atoms with Crippen molar-refractivity contribution in [2.45, 2.75) is 19.9 Å². The molecule has 2 amide bonds. The molecule has 2 aromatic heterocycles. The molecule has 3 N–H and O–H groups in total. The van der Waals surface area contributed by atoms with Gasteiger partial charge in [-0.05, 0) is 44.2 Å². The number of aromatic nitrogens is 4. The summed E-state index contributed by atoms with van der Waals surface area (Å²) in [4.78, 5) is 37.4. The number of hydrogen-bond acceptors (Lipinski definition) is 5. The lowest BCUT2D eigenvalue weighted by molar-refractivity contribution is 0.0595. The van der Waals surface area contributed by atoms with E-state index < -0.39 is 23.1 Å². The fourth-order valence-electron chi connectivity index (χ4n) is 4.34. The number of rotatable bonds is 5. The van der Waals surface area contributed by atoms with Gasteiger partial charge in [-0.2, -0.15) is 5.10 Å². The molecule has 5 rings (SSSR count). The van der Waals surface area contributed by atoms with Crippen molar-refractivity contribution in [3.05, 3.63) is 65.4 Å². The van der Waals surface area contributed by atoms with Crippen molar-refractivity contribution in [3.63, 3.8) is 0 Å². The summed E-state index contributed by atoms with van der Waals surface area (Å²) in [6.45, 7) is 7.30. The minimum atomic E-state index is -0.968. The second-order valence-electron chi connectivity index (χ2n) is 8.94. The number of amides is 2. The van der Waals surface area contributed by atoms with E-state index in [-0.39, 0.29) is 17.3 Å². The molecule has 4 aromatic rings. The molecule has 1 aliphatic heterocycles. The number of imidazole rings is 1. The van der Waals surface area contributed by atoms with Crippen LogP contribution < -0.4 is 5.32 Å². The summed E-state index contributed by atoms with van der Waals surface area (Å²) in [6, 6.07) is 8.88. The third kappa shape index (κ3) is 4.44. The molecule has 11 heteroatoms. The standard InChI is InChI=1S/C25H25F2N7O2/c1-14(2)33-8-10-34(11-9-33)25(36)15-6-7-18-19(12-15)30-23(29-18)22-20(13-28-32-22)31-24(35)21-16(26)4-3-5-17(21)27/h3-7,12-14H,8-11H2,1-2H3,(H,28,32)(H,29,30)(H,31,35). The van der Waals surface area contributed by atoms with Gasteiger partial charge in [-0.15, -0.1) is 0 Å². The number of piperazine rings is 1. The molecule has 1 fully saturated rings. The molecule has 9 nitrogen and oxygen atoms in total. The molecule has 0 aliphatic carbocycles. The van der Waals surface area contributed by atoms with Crippen molar-refractivity contribution in [2.75, 3.05) is 31.5 Å². The van der Waals surface area contributed by atoms with Gasteiger partial charge in [-0.25, -0.2) is 13.8 Å². The number of anilines is 1. The predicted molar refractivity (Wildman–Crippen MR) is 131 cm³/mol. The molecule has 36 heavy (non-hydrogen) atoms.